The zero-order chi connectivity index (χ0) is 35.1. The van der Waals surface area contributed by atoms with Gasteiger partial charge in [0.25, 0.3) is 5.91 Å². The first kappa shape index (κ1) is 32.8. The topological polar surface area (TPSA) is 152 Å². The number of esters is 2. The lowest BCUT2D eigenvalue weighted by atomic mass is 9.98. The first-order valence-corrected chi connectivity index (χ1v) is 17.1. The number of carbonyl (C=O) groups excluding carboxylic acids is 3. The van der Waals surface area contributed by atoms with Crippen LogP contribution in [0.5, 0.6) is 0 Å². The SMILES string of the molecule is O=C(Nc1cccc(C2O[C@H](CN3CCC(n4c(=O)[nH]c5ccccc54)CC3)C[C@H](c3ccc(CO)cc3)O2)c1)c1ccc2c(c1)C(=O)OC2=O. The fourth-order valence-corrected chi connectivity index (χ4v) is 7.31. The second-order valence-electron chi connectivity index (χ2n) is 13.2. The molecule has 51 heavy (non-hydrogen) atoms. The first-order chi connectivity index (χ1) is 24.8. The van der Waals surface area contributed by atoms with Crippen molar-refractivity contribution in [2.24, 2.45) is 0 Å². The summed E-state index contributed by atoms with van der Waals surface area (Å²) in [6.07, 6.45) is 1.11. The Bertz CT molecular complexity index is 2180. The number of carbonyl (C=O) groups is 3. The lowest BCUT2D eigenvalue weighted by molar-refractivity contribution is -0.253. The Morgan fingerprint density at radius 1 is 0.843 bits per heavy atom. The zero-order valence-corrected chi connectivity index (χ0v) is 27.6. The van der Waals surface area contributed by atoms with E-state index in [-0.39, 0.29) is 47.2 Å². The highest BCUT2D eigenvalue weighted by molar-refractivity contribution is 6.16. The Labute approximate surface area is 292 Å². The van der Waals surface area contributed by atoms with Crippen LogP contribution in [-0.4, -0.2) is 63.1 Å². The maximum atomic E-state index is 13.2. The maximum absolute atomic E-state index is 13.2. The minimum absolute atomic E-state index is 0.0486. The summed E-state index contributed by atoms with van der Waals surface area (Å²) in [5.41, 5.74) is 5.11. The van der Waals surface area contributed by atoms with Gasteiger partial charge in [0.05, 0.1) is 41.0 Å². The van der Waals surface area contributed by atoms with Crippen molar-refractivity contribution in [1.29, 1.82) is 0 Å². The van der Waals surface area contributed by atoms with Gasteiger partial charge in [-0.1, -0.05) is 48.5 Å². The van der Waals surface area contributed by atoms with E-state index in [0.29, 0.717) is 18.7 Å². The highest BCUT2D eigenvalue weighted by atomic mass is 16.7. The average Bonchev–Trinajstić information content (AvgIpc) is 3.65. The summed E-state index contributed by atoms with van der Waals surface area (Å²) in [7, 11) is 0. The number of rotatable bonds is 8. The van der Waals surface area contributed by atoms with Crippen LogP contribution in [0.15, 0.2) is 95.8 Å². The molecule has 0 radical (unpaired) electrons. The molecule has 260 valence electrons. The summed E-state index contributed by atoms with van der Waals surface area (Å²) in [6.45, 7) is 2.26. The number of aromatic nitrogens is 2. The van der Waals surface area contributed by atoms with Crippen molar-refractivity contribution in [3.8, 4) is 0 Å². The fourth-order valence-electron chi connectivity index (χ4n) is 7.31. The van der Waals surface area contributed by atoms with Crippen molar-refractivity contribution >= 4 is 34.6 Å². The third-order valence-corrected chi connectivity index (χ3v) is 9.95. The highest BCUT2D eigenvalue weighted by Crippen LogP contribution is 2.39. The molecule has 1 amide bonds. The standard InChI is InChI=1S/C39H36N4O8/c44-22-23-8-10-24(11-9-23)34-20-29(21-42-16-14-28(15-17-42)43-33-7-2-1-6-32(33)41-39(43)48)49-38(50-34)26-4-3-5-27(18-26)40-35(45)25-12-13-30-31(19-25)37(47)51-36(30)46/h1-13,18-19,28-29,34,38,44H,14-17,20-22H2,(H,40,45)(H,41,48)/t29-,34+,38?/m0/s1. The van der Waals surface area contributed by atoms with E-state index in [4.69, 9.17) is 9.47 Å². The van der Waals surface area contributed by atoms with Gasteiger partial charge in [-0.25, -0.2) is 14.4 Å². The number of aliphatic hydroxyl groups excluding tert-OH is 1. The van der Waals surface area contributed by atoms with Crippen LogP contribution in [0.2, 0.25) is 0 Å². The minimum atomic E-state index is -0.775. The second-order valence-corrected chi connectivity index (χ2v) is 13.2. The summed E-state index contributed by atoms with van der Waals surface area (Å²) in [5, 5.41) is 12.5. The Morgan fingerprint density at radius 3 is 2.43 bits per heavy atom. The van der Waals surface area contributed by atoms with Crippen LogP contribution in [0.4, 0.5) is 5.69 Å². The van der Waals surface area contributed by atoms with E-state index in [1.54, 1.807) is 12.1 Å². The molecular weight excluding hydrogens is 652 g/mol. The number of H-pyrrole nitrogens is 1. The number of likely N-dealkylation sites (tertiary alicyclic amines) is 1. The molecule has 0 saturated carbocycles. The van der Waals surface area contributed by atoms with Gasteiger partial charge in [0.2, 0.25) is 0 Å². The summed E-state index contributed by atoms with van der Waals surface area (Å²) in [6, 6.07) is 27.1. The molecule has 1 aromatic heterocycles. The quantitative estimate of drug-likeness (QED) is 0.146. The number of aliphatic hydroxyl groups is 1. The number of fused-ring (bicyclic) bond motifs is 2. The number of ether oxygens (including phenoxy) is 3. The van der Waals surface area contributed by atoms with Gasteiger partial charge in [0, 0.05) is 48.9 Å². The van der Waals surface area contributed by atoms with Crippen molar-refractivity contribution in [3.63, 3.8) is 0 Å². The van der Waals surface area contributed by atoms with Crippen LogP contribution < -0.4 is 11.0 Å². The van der Waals surface area contributed by atoms with Crippen molar-refractivity contribution in [3.05, 3.63) is 135 Å². The summed E-state index contributed by atoms with van der Waals surface area (Å²) < 4.78 is 19.7. The molecular formula is C39H36N4O8. The number of aromatic amines is 1. The number of piperidine rings is 1. The van der Waals surface area contributed by atoms with Gasteiger partial charge in [-0.05, 0) is 66.4 Å². The predicted octanol–water partition coefficient (Wildman–Crippen LogP) is 5.27. The smallest absolute Gasteiger partial charge is 0.346 e. The molecule has 0 spiro atoms. The van der Waals surface area contributed by atoms with Crippen molar-refractivity contribution in [2.45, 2.75) is 50.4 Å². The van der Waals surface area contributed by atoms with E-state index in [1.165, 1.54) is 18.2 Å². The summed E-state index contributed by atoms with van der Waals surface area (Å²) >= 11 is 0. The number of anilines is 1. The largest absolute Gasteiger partial charge is 0.392 e. The molecule has 1 unspecified atom stereocenters. The van der Waals surface area contributed by atoms with Gasteiger partial charge in [-0.15, -0.1) is 0 Å². The molecule has 12 nitrogen and oxygen atoms in total. The van der Waals surface area contributed by atoms with Gasteiger partial charge >= 0.3 is 17.6 Å². The van der Waals surface area contributed by atoms with Gasteiger partial charge in [-0.2, -0.15) is 0 Å². The van der Waals surface area contributed by atoms with Crippen LogP contribution in [0, 0.1) is 0 Å². The highest BCUT2D eigenvalue weighted by Gasteiger charge is 2.35. The summed E-state index contributed by atoms with van der Waals surface area (Å²) in [5.74, 6) is -1.96. The van der Waals surface area contributed by atoms with Crippen LogP contribution in [0.25, 0.3) is 11.0 Å². The lowest BCUT2D eigenvalue weighted by Crippen LogP contribution is -2.43. The number of amides is 1. The molecule has 0 bridgehead atoms. The first-order valence-electron chi connectivity index (χ1n) is 17.1. The Hall–Kier alpha value is -5.40. The summed E-state index contributed by atoms with van der Waals surface area (Å²) in [4.78, 5) is 55.2. The second kappa shape index (κ2) is 13.7. The molecule has 4 aromatic carbocycles. The molecule has 3 atom stereocenters. The van der Waals surface area contributed by atoms with Gasteiger partial charge in [0.1, 0.15) is 0 Å². The maximum Gasteiger partial charge on any atom is 0.346 e. The molecule has 12 heteroatoms. The van der Waals surface area contributed by atoms with Crippen LogP contribution in [-0.2, 0) is 20.8 Å². The molecule has 8 rings (SSSR count). The minimum Gasteiger partial charge on any atom is -0.392 e. The normalized spacial score (nSPS) is 21.1. The van der Waals surface area contributed by atoms with Crippen molar-refractivity contribution in [1.82, 2.24) is 14.5 Å². The molecule has 3 aliphatic heterocycles. The monoisotopic (exact) mass is 688 g/mol. The number of benzene rings is 4. The molecule has 3 N–H and O–H groups in total. The third-order valence-electron chi connectivity index (χ3n) is 9.95. The van der Waals surface area contributed by atoms with Gasteiger partial charge in [-0.3, -0.25) is 9.36 Å². The van der Waals surface area contributed by atoms with E-state index >= 15 is 0 Å². The van der Waals surface area contributed by atoms with E-state index in [9.17, 15) is 24.3 Å². The van der Waals surface area contributed by atoms with Crippen LogP contribution in [0.3, 0.4) is 0 Å². The number of hydrogen-bond acceptors (Lipinski definition) is 9. The van der Waals surface area contributed by atoms with E-state index in [1.807, 2.05) is 65.2 Å². The zero-order valence-electron chi connectivity index (χ0n) is 27.6. The number of nitrogens with one attached hydrogen (secondary N) is 2. The molecule has 5 aromatic rings. The molecule has 0 aliphatic carbocycles. The lowest BCUT2D eigenvalue weighted by Gasteiger charge is -2.40. The Balaban J connectivity index is 0.982. The van der Waals surface area contributed by atoms with Crippen LogP contribution >= 0.6 is 0 Å². The van der Waals surface area contributed by atoms with Gasteiger partial charge < -0.3 is 34.5 Å². The number of para-hydroxylation sites is 2. The van der Waals surface area contributed by atoms with Gasteiger partial charge in [0.15, 0.2) is 6.29 Å². The fraction of sp³-hybridized carbons (Fsp3) is 0.282. The molecule has 3 aliphatic rings. The van der Waals surface area contributed by atoms with Crippen molar-refractivity contribution in [2.75, 3.05) is 25.0 Å². The Kier molecular flexibility index (Phi) is 8.82. The molecule has 4 heterocycles. The Morgan fingerprint density at radius 2 is 1.63 bits per heavy atom. The number of nitrogens with zero attached hydrogens (tertiary/aromatic N) is 2. The predicted molar refractivity (Wildman–Crippen MR) is 186 cm³/mol. The third kappa shape index (κ3) is 6.62. The van der Waals surface area contributed by atoms with Crippen LogP contribution in [0.1, 0.15) is 85.5 Å². The number of cyclic esters (lactones) is 2. The molecule has 2 fully saturated rings. The van der Waals surface area contributed by atoms with E-state index in [2.05, 4.69) is 19.9 Å². The van der Waals surface area contributed by atoms with E-state index in [0.717, 1.165) is 53.7 Å². The van der Waals surface area contributed by atoms with E-state index < -0.39 is 24.1 Å². The molecule has 2 saturated heterocycles. The van der Waals surface area contributed by atoms with Crippen molar-refractivity contribution < 1.29 is 33.7 Å². The number of imidazole rings is 1. The average molecular weight is 689 g/mol. The number of hydrogen-bond donors (Lipinski definition) is 3.